The predicted molar refractivity (Wildman–Crippen MR) is 108 cm³/mol. The molecule has 3 N–H and O–H groups in total. The van der Waals surface area contributed by atoms with E-state index in [1.54, 1.807) is 0 Å². The van der Waals surface area contributed by atoms with Gasteiger partial charge in [0.1, 0.15) is 12.4 Å². The number of guanidine groups is 1. The van der Waals surface area contributed by atoms with Gasteiger partial charge in [0.2, 0.25) is 0 Å². The summed E-state index contributed by atoms with van der Waals surface area (Å²) in [5, 5.41) is 3.19. The fraction of sp³-hybridized carbons (Fsp3) is 0.650. The fourth-order valence-corrected chi connectivity index (χ4v) is 2.85. The molecule has 1 heterocycles. The van der Waals surface area contributed by atoms with Crippen LogP contribution in [0.1, 0.15) is 24.5 Å². The lowest BCUT2D eigenvalue weighted by molar-refractivity contribution is 0.0376. The molecule has 0 spiro atoms. The Morgan fingerprint density at radius 2 is 2.11 bits per heavy atom. The van der Waals surface area contributed by atoms with Crippen molar-refractivity contribution < 1.29 is 14.2 Å². The Morgan fingerprint density at radius 1 is 1.30 bits per heavy atom. The van der Waals surface area contributed by atoms with Gasteiger partial charge in [-0.1, -0.05) is 12.1 Å². The summed E-state index contributed by atoms with van der Waals surface area (Å²) < 4.78 is 16.5. The zero-order valence-electron chi connectivity index (χ0n) is 16.7. The van der Waals surface area contributed by atoms with E-state index in [-0.39, 0.29) is 0 Å². The van der Waals surface area contributed by atoms with Crippen LogP contribution in [0.25, 0.3) is 0 Å². The molecule has 0 aromatic heterocycles. The Morgan fingerprint density at radius 3 is 2.89 bits per heavy atom. The molecule has 0 radical (unpaired) electrons. The summed E-state index contributed by atoms with van der Waals surface area (Å²) in [4.78, 5) is 6.87. The van der Waals surface area contributed by atoms with Gasteiger partial charge in [-0.15, -0.1) is 0 Å². The minimum atomic E-state index is 0.470. The number of nitrogens with one attached hydrogen (secondary N) is 1. The minimum absolute atomic E-state index is 0.470. The molecule has 27 heavy (non-hydrogen) atoms. The average molecular weight is 379 g/mol. The molecule has 1 fully saturated rings. The number of aryl methyl sites for hydroxylation is 1. The number of rotatable bonds is 11. The van der Waals surface area contributed by atoms with Crippen LogP contribution in [0.2, 0.25) is 0 Å². The standard InChI is InChI=1S/C20H34N4O3/c1-3-25-13-14-27-19-15-17(2)5-6-18(19)16-23-20(21)22-7-4-8-24-9-11-26-12-10-24/h5-6,15H,3-4,7-14,16H2,1-2H3,(H3,21,22,23). The summed E-state index contributed by atoms with van der Waals surface area (Å²) in [5.41, 5.74) is 8.18. The molecule has 1 aliphatic heterocycles. The molecular formula is C20H34N4O3. The number of nitrogens with zero attached hydrogens (tertiary/aromatic N) is 2. The summed E-state index contributed by atoms with van der Waals surface area (Å²) in [6.07, 6.45) is 1.03. The fourth-order valence-electron chi connectivity index (χ4n) is 2.85. The quantitative estimate of drug-likeness (QED) is 0.345. The third-order valence-electron chi connectivity index (χ3n) is 4.39. The van der Waals surface area contributed by atoms with Crippen molar-refractivity contribution in [3.63, 3.8) is 0 Å². The van der Waals surface area contributed by atoms with Crippen LogP contribution in [-0.4, -0.2) is 70.1 Å². The van der Waals surface area contributed by atoms with E-state index < -0.39 is 0 Å². The summed E-state index contributed by atoms with van der Waals surface area (Å²) in [7, 11) is 0. The number of ether oxygens (including phenoxy) is 3. The van der Waals surface area contributed by atoms with Crippen molar-refractivity contribution in [2.75, 3.05) is 59.2 Å². The first-order valence-corrected chi connectivity index (χ1v) is 9.83. The first-order valence-electron chi connectivity index (χ1n) is 9.83. The van der Waals surface area contributed by atoms with E-state index in [9.17, 15) is 0 Å². The zero-order chi connectivity index (χ0) is 19.3. The molecule has 0 saturated carbocycles. The van der Waals surface area contributed by atoms with Crippen molar-refractivity contribution in [1.29, 1.82) is 0 Å². The van der Waals surface area contributed by atoms with Gasteiger partial charge >= 0.3 is 0 Å². The third kappa shape index (κ3) is 8.60. The first kappa shape index (κ1) is 21.5. The summed E-state index contributed by atoms with van der Waals surface area (Å²) in [6.45, 7) is 11.9. The van der Waals surface area contributed by atoms with Gasteiger partial charge in [-0.25, -0.2) is 4.99 Å². The Bertz CT molecular complexity index is 574. The van der Waals surface area contributed by atoms with Crippen LogP contribution in [0.5, 0.6) is 5.75 Å². The van der Waals surface area contributed by atoms with E-state index in [1.807, 2.05) is 26.0 Å². The van der Waals surface area contributed by atoms with E-state index in [2.05, 4.69) is 21.3 Å². The van der Waals surface area contributed by atoms with Crippen LogP contribution >= 0.6 is 0 Å². The molecule has 0 amide bonds. The summed E-state index contributed by atoms with van der Waals surface area (Å²) in [5.74, 6) is 1.32. The Balaban J connectivity index is 1.74. The van der Waals surface area contributed by atoms with E-state index in [1.165, 1.54) is 0 Å². The van der Waals surface area contributed by atoms with Gasteiger partial charge in [0, 0.05) is 31.8 Å². The minimum Gasteiger partial charge on any atom is -0.491 e. The number of morpholine rings is 1. The topological polar surface area (TPSA) is 81.3 Å². The monoisotopic (exact) mass is 378 g/mol. The smallest absolute Gasteiger partial charge is 0.188 e. The molecule has 0 aliphatic carbocycles. The molecular weight excluding hydrogens is 344 g/mol. The van der Waals surface area contributed by atoms with Crippen molar-refractivity contribution in [2.45, 2.75) is 26.8 Å². The lowest BCUT2D eigenvalue weighted by Gasteiger charge is -2.26. The SMILES string of the molecule is CCOCCOc1cc(C)ccc1CN=C(N)NCCCN1CCOCC1. The lowest BCUT2D eigenvalue weighted by Crippen LogP contribution is -2.39. The molecule has 7 heteroatoms. The van der Waals surface area contributed by atoms with Gasteiger partial charge in [0.15, 0.2) is 5.96 Å². The van der Waals surface area contributed by atoms with Crippen molar-refractivity contribution in [3.8, 4) is 5.75 Å². The van der Waals surface area contributed by atoms with Crippen LogP contribution < -0.4 is 15.8 Å². The summed E-state index contributed by atoms with van der Waals surface area (Å²) in [6, 6.07) is 6.13. The van der Waals surface area contributed by atoms with Gasteiger partial charge < -0.3 is 25.3 Å². The second-order valence-corrected chi connectivity index (χ2v) is 6.59. The van der Waals surface area contributed by atoms with E-state index in [0.717, 1.165) is 62.7 Å². The number of hydrogen-bond acceptors (Lipinski definition) is 5. The van der Waals surface area contributed by atoms with Crippen molar-refractivity contribution in [1.82, 2.24) is 10.2 Å². The maximum Gasteiger partial charge on any atom is 0.188 e. The number of nitrogens with two attached hydrogens (primary N) is 1. The van der Waals surface area contributed by atoms with Crippen LogP contribution in [0.3, 0.4) is 0 Å². The lowest BCUT2D eigenvalue weighted by atomic mass is 10.1. The molecule has 7 nitrogen and oxygen atoms in total. The number of hydrogen-bond donors (Lipinski definition) is 2. The summed E-state index contributed by atoms with van der Waals surface area (Å²) >= 11 is 0. The van der Waals surface area contributed by atoms with Crippen molar-refractivity contribution in [3.05, 3.63) is 29.3 Å². The van der Waals surface area contributed by atoms with E-state index >= 15 is 0 Å². The Labute approximate surface area is 162 Å². The van der Waals surface area contributed by atoms with Crippen molar-refractivity contribution in [2.24, 2.45) is 10.7 Å². The van der Waals surface area contributed by atoms with Crippen LogP contribution in [0, 0.1) is 6.92 Å². The normalized spacial score (nSPS) is 15.7. The molecule has 152 valence electrons. The second-order valence-electron chi connectivity index (χ2n) is 6.59. The van der Waals surface area contributed by atoms with Crippen LogP contribution in [0.4, 0.5) is 0 Å². The number of aliphatic imine (C=N–C) groups is 1. The van der Waals surface area contributed by atoms with Gasteiger partial charge in [-0.05, 0) is 38.4 Å². The highest BCUT2D eigenvalue weighted by Gasteiger charge is 2.09. The van der Waals surface area contributed by atoms with Crippen LogP contribution in [0.15, 0.2) is 23.2 Å². The maximum atomic E-state index is 6.00. The highest BCUT2D eigenvalue weighted by molar-refractivity contribution is 5.77. The molecule has 1 aromatic rings. The largest absolute Gasteiger partial charge is 0.491 e. The van der Waals surface area contributed by atoms with E-state index in [0.29, 0.717) is 32.3 Å². The predicted octanol–water partition coefficient (Wildman–Crippen LogP) is 1.54. The Hall–Kier alpha value is -1.83. The highest BCUT2D eigenvalue weighted by Crippen LogP contribution is 2.21. The van der Waals surface area contributed by atoms with Gasteiger partial charge in [0.05, 0.1) is 26.4 Å². The zero-order valence-corrected chi connectivity index (χ0v) is 16.7. The molecule has 0 atom stereocenters. The Kier molecular flexibility index (Phi) is 9.97. The molecule has 0 unspecified atom stereocenters. The second kappa shape index (κ2) is 12.5. The molecule has 1 saturated heterocycles. The van der Waals surface area contributed by atoms with Crippen molar-refractivity contribution >= 4 is 5.96 Å². The molecule has 2 rings (SSSR count). The molecule has 1 aromatic carbocycles. The average Bonchev–Trinajstić information content (AvgIpc) is 2.69. The third-order valence-corrected chi connectivity index (χ3v) is 4.39. The first-order chi connectivity index (χ1) is 13.2. The molecule has 0 bridgehead atoms. The van der Waals surface area contributed by atoms with Gasteiger partial charge in [-0.3, -0.25) is 4.90 Å². The highest BCUT2D eigenvalue weighted by atomic mass is 16.5. The maximum absolute atomic E-state index is 6.00. The molecule has 1 aliphatic rings. The van der Waals surface area contributed by atoms with Gasteiger partial charge in [-0.2, -0.15) is 0 Å². The van der Waals surface area contributed by atoms with Gasteiger partial charge in [0.25, 0.3) is 0 Å². The van der Waals surface area contributed by atoms with E-state index in [4.69, 9.17) is 19.9 Å². The van der Waals surface area contributed by atoms with Crippen LogP contribution in [-0.2, 0) is 16.0 Å². The number of benzene rings is 1.